The van der Waals surface area contributed by atoms with Crippen LogP contribution in [0.3, 0.4) is 0 Å². The summed E-state index contributed by atoms with van der Waals surface area (Å²) in [5, 5.41) is 12.4. The lowest BCUT2D eigenvalue weighted by atomic mass is 10.0. The molecule has 0 unspecified atom stereocenters. The molecule has 0 spiro atoms. The number of carbonyl (C=O) groups is 1. The largest absolute Gasteiger partial charge is 0.322 e. The summed E-state index contributed by atoms with van der Waals surface area (Å²) in [7, 11) is 0. The first kappa shape index (κ1) is 26.4. The van der Waals surface area contributed by atoms with Gasteiger partial charge in [0.25, 0.3) is 5.91 Å². The molecular formula is C32H29FN4OS. The van der Waals surface area contributed by atoms with Crippen LogP contribution >= 0.6 is 11.8 Å². The molecule has 1 N–H and O–H groups in total. The number of amides is 1. The Hall–Kier alpha value is -4.23. The zero-order valence-electron chi connectivity index (χ0n) is 21.8. The number of halogens is 1. The number of hydrogen-bond acceptors (Lipinski definition) is 4. The summed E-state index contributed by atoms with van der Waals surface area (Å²) in [5.41, 5.74) is 5.09. The summed E-state index contributed by atoms with van der Waals surface area (Å²) in [6.45, 7) is 4.28. The Balaban J connectivity index is 1.29. The van der Waals surface area contributed by atoms with E-state index in [1.165, 1.54) is 23.4 Å². The van der Waals surface area contributed by atoms with Crippen molar-refractivity contribution in [2.24, 2.45) is 0 Å². The van der Waals surface area contributed by atoms with E-state index in [2.05, 4.69) is 29.4 Å². The van der Waals surface area contributed by atoms with E-state index in [4.69, 9.17) is 0 Å². The average molecular weight is 537 g/mol. The molecule has 196 valence electrons. The summed E-state index contributed by atoms with van der Waals surface area (Å²) >= 11 is 1.48. The molecule has 0 aliphatic rings. The number of rotatable bonds is 9. The molecule has 5 rings (SSSR count). The molecule has 1 aromatic heterocycles. The van der Waals surface area contributed by atoms with Gasteiger partial charge in [-0.3, -0.25) is 9.36 Å². The monoisotopic (exact) mass is 536 g/mol. The number of para-hydroxylation sites is 1. The van der Waals surface area contributed by atoms with Gasteiger partial charge in [-0.1, -0.05) is 92.3 Å². The third-order valence-electron chi connectivity index (χ3n) is 6.42. The van der Waals surface area contributed by atoms with Crippen molar-refractivity contribution in [2.75, 3.05) is 5.32 Å². The molecule has 7 heteroatoms. The summed E-state index contributed by atoms with van der Waals surface area (Å²) in [5.74, 6) is 1.22. The van der Waals surface area contributed by atoms with Crippen molar-refractivity contribution in [3.63, 3.8) is 0 Å². The zero-order chi connectivity index (χ0) is 27.2. The van der Waals surface area contributed by atoms with Crippen LogP contribution in [-0.2, 0) is 12.2 Å². The SMILES string of the molecule is CC(C)c1ccc(NC(=O)c2ccc(CSc3nnc(Cc4ccccc4)n3-c3ccccc3F)cc2)cc1. The highest BCUT2D eigenvalue weighted by atomic mass is 32.2. The van der Waals surface area contributed by atoms with Crippen LogP contribution in [0.2, 0.25) is 0 Å². The van der Waals surface area contributed by atoms with E-state index in [0.717, 1.165) is 16.8 Å². The van der Waals surface area contributed by atoms with Gasteiger partial charge in [-0.2, -0.15) is 0 Å². The van der Waals surface area contributed by atoms with Gasteiger partial charge >= 0.3 is 0 Å². The van der Waals surface area contributed by atoms with E-state index >= 15 is 0 Å². The van der Waals surface area contributed by atoms with Gasteiger partial charge < -0.3 is 5.32 Å². The predicted octanol–water partition coefficient (Wildman–Crippen LogP) is 7.67. The lowest BCUT2D eigenvalue weighted by Crippen LogP contribution is -2.11. The van der Waals surface area contributed by atoms with Crippen LogP contribution in [0.25, 0.3) is 5.69 Å². The van der Waals surface area contributed by atoms with E-state index in [-0.39, 0.29) is 11.7 Å². The van der Waals surface area contributed by atoms with Crippen LogP contribution in [0.5, 0.6) is 0 Å². The minimum atomic E-state index is -0.331. The van der Waals surface area contributed by atoms with E-state index in [0.29, 0.717) is 40.3 Å². The molecule has 1 heterocycles. The van der Waals surface area contributed by atoms with Crippen LogP contribution in [0.4, 0.5) is 10.1 Å². The number of nitrogens with zero attached hydrogens (tertiary/aromatic N) is 3. The maximum Gasteiger partial charge on any atom is 0.255 e. The Morgan fingerprint density at radius 2 is 1.54 bits per heavy atom. The minimum absolute atomic E-state index is 0.156. The van der Waals surface area contributed by atoms with Crippen LogP contribution < -0.4 is 5.32 Å². The molecule has 0 bridgehead atoms. The van der Waals surface area contributed by atoms with Crippen molar-refractivity contribution in [1.29, 1.82) is 0 Å². The Morgan fingerprint density at radius 3 is 2.23 bits per heavy atom. The van der Waals surface area contributed by atoms with Crippen molar-refractivity contribution in [1.82, 2.24) is 14.8 Å². The van der Waals surface area contributed by atoms with Crippen molar-refractivity contribution < 1.29 is 9.18 Å². The number of hydrogen-bond donors (Lipinski definition) is 1. The molecule has 1 amide bonds. The quantitative estimate of drug-likeness (QED) is 0.196. The second-order valence-electron chi connectivity index (χ2n) is 9.56. The fourth-order valence-electron chi connectivity index (χ4n) is 4.22. The van der Waals surface area contributed by atoms with Gasteiger partial charge in [-0.25, -0.2) is 4.39 Å². The molecule has 0 saturated carbocycles. The van der Waals surface area contributed by atoms with Gasteiger partial charge in [0.1, 0.15) is 11.6 Å². The van der Waals surface area contributed by atoms with Gasteiger partial charge in [0.15, 0.2) is 5.16 Å². The van der Waals surface area contributed by atoms with Gasteiger partial charge in [-0.15, -0.1) is 10.2 Å². The molecule has 0 saturated heterocycles. The zero-order valence-corrected chi connectivity index (χ0v) is 22.7. The summed E-state index contributed by atoms with van der Waals surface area (Å²) < 4.78 is 16.6. The second kappa shape index (κ2) is 12.1. The Kier molecular flexibility index (Phi) is 8.18. The average Bonchev–Trinajstić information content (AvgIpc) is 3.35. The smallest absolute Gasteiger partial charge is 0.255 e. The van der Waals surface area contributed by atoms with Crippen LogP contribution in [0, 0.1) is 5.82 Å². The number of carbonyl (C=O) groups excluding carboxylic acids is 1. The first-order chi connectivity index (χ1) is 19.0. The van der Waals surface area contributed by atoms with E-state index in [1.54, 1.807) is 16.7 Å². The first-order valence-corrected chi connectivity index (χ1v) is 13.8. The van der Waals surface area contributed by atoms with E-state index in [9.17, 15) is 9.18 Å². The number of benzene rings is 4. The summed E-state index contributed by atoms with van der Waals surface area (Å²) in [6, 6.07) is 32.0. The topological polar surface area (TPSA) is 59.8 Å². The van der Waals surface area contributed by atoms with Crippen molar-refractivity contribution in [3.8, 4) is 5.69 Å². The predicted molar refractivity (Wildman–Crippen MR) is 155 cm³/mol. The lowest BCUT2D eigenvalue weighted by molar-refractivity contribution is 0.102. The molecule has 0 fully saturated rings. The number of nitrogens with one attached hydrogen (secondary N) is 1. The van der Waals surface area contributed by atoms with E-state index < -0.39 is 0 Å². The number of aromatic nitrogens is 3. The fraction of sp³-hybridized carbons (Fsp3) is 0.156. The Bertz CT molecular complexity index is 1550. The molecule has 5 nitrogen and oxygen atoms in total. The summed E-state index contributed by atoms with van der Waals surface area (Å²) in [6.07, 6.45) is 0.534. The normalized spacial score (nSPS) is 11.1. The first-order valence-electron chi connectivity index (χ1n) is 12.8. The summed E-state index contributed by atoms with van der Waals surface area (Å²) in [4.78, 5) is 12.7. The molecular weight excluding hydrogens is 507 g/mol. The van der Waals surface area contributed by atoms with Crippen LogP contribution in [0.15, 0.2) is 108 Å². The van der Waals surface area contributed by atoms with Gasteiger partial charge in [0.2, 0.25) is 0 Å². The fourth-order valence-corrected chi connectivity index (χ4v) is 5.14. The number of thioether (sulfide) groups is 1. The van der Waals surface area contributed by atoms with Crippen LogP contribution in [-0.4, -0.2) is 20.7 Å². The molecule has 0 radical (unpaired) electrons. The third-order valence-corrected chi connectivity index (χ3v) is 7.42. The Labute approximate surface area is 232 Å². The van der Waals surface area contributed by atoms with E-state index in [1.807, 2.05) is 84.9 Å². The molecule has 5 aromatic rings. The molecule has 0 aliphatic carbocycles. The van der Waals surface area contributed by atoms with Crippen molar-refractivity contribution >= 4 is 23.4 Å². The molecule has 4 aromatic carbocycles. The standard InChI is InChI=1S/C32H29FN4OS/c1-22(2)25-16-18-27(19-17-25)34-31(38)26-14-12-24(13-15-26)21-39-32-36-35-30(20-23-8-4-3-5-9-23)37(32)29-11-7-6-10-28(29)33/h3-19,22H,20-21H2,1-2H3,(H,34,38). The lowest BCUT2D eigenvalue weighted by Gasteiger charge is -2.11. The highest BCUT2D eigenvalue weighted by molar-refractivity contribution is 7.98. The Morgan fingerprint density at radius 1 is 0.846 bits per heavy atom. The highest BCUT2D eigenvalue weighted by Gasteiger charge is 2.18. The maximum atomic E-state index is 14.8. The van der Waals surface area contributed by atoms with Crippen LogP contribution in [0.1, 0.15) is 52.6 Å². The highest BCUT2D eigenvalue weighted by Crippen LogP contribution is 2.28. The minimum Gasteiger partial charge on any atom is -0.322 e. The van der Waals surface area contributed by atoms with Crippen molar-refractivity contribution in [3.05, 3.63) is 137 Å². The third kappa shape index (κ3) is 6.44. The van der Waals surface area contributed by atoms with Crippen molar-refractivity contribution in [2.45, 2.75) is 37.1 Å². The van der Waals surface area contributed by atoms with Gasteiger partial charge in [-0.05, 0) is 59.0 Å². The van der Waals surface area contributed by atoms with Gasteiger partial charge in [0, 0.05) is 23.4 Å². The molecule has 0 aliphatic heterocycles. The second-order valence-corrected chi connectivity index (χ2v) is 10.5. The van der Waals surface area contributed by atoms with Gasteiger partial charge in [0.05, 0.1) is 5.69 Å². The molecule has 39 heavy (non-hydrogen) atoms. The molecule has 0 atom stereocenters. The number of anilines is 1. The maximum absolute atomic E-state index is 14.8.